The lowest BCUT2D eigenvalue weighted by Gasteiger charge is -2.03. The molecule has 0 fully saturated rings. The Hall–Kier alpha value is -1.93. The summed E-state index contributed by atoms with van der Waals surface area (Å²) in [6.07, 6.45) is 1.14. The molecular weight excluding hydrogens is 270 g/mol. The molecule has 0 aliphatic rings. The van der Waals surface area contributed by atoms with Crippen LogP contribution < -0.4 is 10.3 Å². The van der Waals surface area contributed by atoms with Gasteiger partial charge in [0.25, 0.3) is 0 Å². The Bertz CT molecular complexity index is 706. The van der Waals surface area contributed by atoms with Gasteiger partial charge in [-0.2, -0.15) is 0 Å². The molecule has 2 rings (SSSR count). The van der Waals surface area contributed by atoms with Crippen molar-refractivity contribution in [2.45, 2.75) is 25.3 Å². The van der Waals surface area contributed by atoms with E-state index in [1.54, 1.807) is 13.8 Å². The van der Waals surface area contributed by atoms with E-state index in [1.165, 1.54) is 6.07 Å². The van der Waals surface area contributed by atoms with Crippen molar-refractivity contribution in [3.63, 3.8) is 0 Å². The molecule has 0 bridgehead atoms. The van der Waals surface area contributed by atoms with Gasteiger partial charge in [0.05, 0.1) is 17.1 Å². The summed E-state index contributed by atoms with van der Waals surface area (Å²) >= 11 is 0. The first-order chi connectivity index (χ1) is 8.88. The quantitative estimate of drug-likeness (QED) is 0.848. The molecule has 2 aromatic heterocycles. The van der Waals surface area contributed by atoms with Crippen molar-refractivity contribution >= 4 is 10.0 Å². The molecule has 0 aliphatic heterocycles. The van der Waals surface area contributed by atoms with Gasteiger partial charge in [-0.1, -0.05) is 0 Å². The Morgan fingerprint density at radius 2 is 2.11 bits per heavy atom. The van der Waals surface area contributed by atoms with E-state index in [9.17, 15) is 13.2 Å². The molecule has 0 radical (unpaired) electrons. The van der Waals surface area contributed by atoms with Gasteiger partial charge in [0.15, 0.2) is 0 Å². The summed E-state index contributed by atoms with van der Waals surface area (Å²) in [5.41, 5.74) is 0.358. The van der Waals surface area contributed by atoms with Gasteiger partial charge in [0, 0.05) is 12.3 Å². The first-order valence-electron chi connectivity index (χ1n) is 5.50. The van der Waals surface area contributed by atoms with Crippen LogP contribution in [0.4, 0.5) is 0 Å². The average molecular weight is 283 g/mol. The molecule has 0 amide bonds. The molecule has 19 heavy (non-hydrogen) atoms. The minimum Gasteiger partial charge on any atom is -0.444 e. The van der Waals surface area contributed by atoms with E-state index in [0.29, 0.717) is 11.7 Å². The largest absolute Gasteiger partial charge is 0.444 e. The van der Waals surface area contributed by atoms with Gasteiger partial charge in [0.2, 0.25) is 21.5 Å². The molecule has 0 saturated heterocycles. The molecule has 0 saturated carbocycles. The Labute approximate surface area is 109 Å². The molecule has 0 spiro atoms. The predicted octanol–water partition coefficient (Wildman–Crippen LogP) is 0.458. The zero-order valence-corrected chi connectivity index (χ0v) is 11.2. The zero-order valence-electron chi connectivity index (χ0n) is 10.4. The van der Waals surface area contributed by atoms with Crippen molar-refractivity contribution in [1.29, 1.82) is 0 Å². The van der Waals surface area contributed by atoms with Crippen LogP contribution in [0.25, 0.3) is 0 Å². The lowest BCUT2D eigenvalue weighted by Crippen LogP contribution is -2.24. The fourth-order valence-corrected chi connectivity index (χ4v) is 2.36. The van der Waals surface area contributed by atoms with Crippen molar-refractivity contribution in [1.82, 2.24) is 14.7 Å². The second kappa shape index (κ2) is 4.98. The van der Waals surface area contributed by atoms with E-state index in [0.717, 1.165) is 18.0 Å². The van der Waals surface area contributed by atoms with E-state index in [2.05, 4.69) is 14.7 Å². The van der Waals surface area contributed by atoms with Crippen molar-refractivity contribution in [2.75, 3.05) is 0 Å². The Kier molecular flexibility index (Phi) is 3.54. The number of sulfonamides is 1. The average Bonchev–Trinajstić information content (AvgIpc) is 2.67. The third-order valence-electron chi connectivity index (χ3n) is 2.55. The van der Waals surface area contributed by atoms with E-state index >= 15 is 0 Å². The number of aromatic nitrogens is 2. The van der Waals surface area contributed by atoms with Gasteiger partial charge in [-0.15, -0.1) is 0 Å². The number of hydrogen-bond donors (Lipinski definition) is 2. The molecule has 2 heterocycles. The number of nitrogens with one attached hydrogen (secondary N) is 2. The van der Waals surface area contributed by atoms with Crippen LogP contribution in [0.5, 0.6) is 0 Å². The highest BCUT2D eigenvalue weighted by Crippen LogP contribution is 2.10. The molecule has 0 aliphatic carbocycles. The van der Waals surface area contributed by atoms with Crippen LogP contribution in [-0.2, 0) is 16.6 Å². The molecule has 0 atom stereocenters. The Morgan fingerprint density at radius 1 is 1.37 bits per heavy atom. The minimum atomic E-state index is -3.70. The summed E-state index contributed by atoms with van der Waals surface area (Å²) in [6.45, 7) is 3.48. The zero-order chi connectivity index (χ0) is 14.0. The Morgan fingerprint density at radius 3 is 2.63 bits per heavy atom. The second-order valence-corrected chi connectivity index (χ2v) is 5.73. The highest BCUT2D eigenvalue weighted by Gasteiger charge is 2.15. The fraction of sp³-hybridized carbons (Fsp3) is 0.273. The fourth-order valence-electron chi connectivity index (χ4n) is 1.42. The van der Waals surface area contributed by atoms with Crippen LogP contribution in [0.15, 0.2) is 32.4 Å². The van der Waals surface area contributed by atoms with Crippen molar-refractivity contribution < 1.29 is 12.8 Å². The number of pyridine rings is 1. The molecular formula is C11H13N3O4S. The van der Waals surface area contributed by atoms with Crippen molar-refractivity contribution in [3.05, 3.63) is 46.0 Å². The standard InChI is InChI=1S/C11H13N3O4S/c1-7-8(2)18-11(14-7)6-13-19(16,17)9-3-4-10(15)12-5-9/h3-5,13H,6H2,1-2H3,(H,12,15). The third-order valence-corrected chi connectivity index (χ3v) is 3.95. The predicted molar refractivity (Wildman–Crippen MR) is 67.1 cm³/mol. The van der Waals surface area contributed by atoms with Crippen molar-refractivity contribution in [3.8, 4) is 0 Å². The van der Waals surface area contributed by atoms with Gasteiger partial charge in [0.1, 0.15) is 5.76 Å². The maximum absolute atomic E-state index is 11.9. The number of rotatable bonds is 4. The summed E-state index contributed by atoms with van der Waals surface area (Å²) in [7, 11) is -3.70. The van der Waals surface area contributed by atoms with Gasteiger partial charge in [-0.25, -0.2) is 18.1 Å². The SMILES string of the molecule is Cc1nc(CNS(=O)(=O)c2ccc(=O)[nH]c2)oc1C. The molecule has 2 aromatic rings. The van der Waals surface area contributed by atoms with Crippen LogP contribution in [-0.4, -0.2) is 18.4 Å². The number of aromatic amines is 1. The molecule has 2 N–H and O–H groups in total. The smallest absolute Gasteiger partial charge is 0.247 e. The first kappa shape index (κ1) is 13.5. The topological polar surface area (TPSA) is 105 Å². The Balaban J connectivity index is 2.13. The third kappa shape index (κ3) is 3.09. The number of oxazole rings is 1. The van der Waals surface area contributed by atoms with Crippen LogP contribution in [0.2, 0.25) is 0 Å². The van der Waals surface area contributed by atoms with Gasteiger partial charge < -0.3 is 9.40 Å². The highest BCUT2D eigenvalue weighted by molar-refractivity contribution is 7.89. The van der Waals surface area contributed by atoms with Gasteiger partial charge in [-0.3, -0.25) is 4.79 Å². The molecule has 102 valence electrons. The van der Waals surface area contributed by atoms with Crippen LogP contribution >= 0.6 is 0 Å². The number of aryl methyl sites for hydroxylation is 2. The number of nitrogens with zero attached hydrogens (tertiary/aromatic N) is 1. The van der Waals surface area contributed by atoms with E-state index in [-0.39, 0.29) is 17.0 Å². The minimum absolute atomic E-state index is 0.0212. The summed E-state index contributed by atoms with van der Waals surface area (Å²) in [6, 6.07) is 2.38. The van der Waals surface area contributed by atoms with Crippen molar-refractivity contribution in [2.24, 2.45) is 0 Å². The van der Waals surface area contributed by atoms with E-state index in [1.807, 2.05) is 0 Å². The summed E-state index contributed by atoms with van der Waals surface area (Å²) in [5, 5.41) is 0. The molecule has 0 unspecified atom stereocenters. The normalized spacial score (nSPS) is 11.7. The molecule has 7 nitrogen and oxygen atoms in total. The van der Waals surface area contributed by atoms with Crippen LogP contribution in [0.1, 0.15) is 17.3 Å². The number of hydrogen-bond acceptors (Lipinski definition) is 5. The van der Waals surface area contributed by atoms with Crippen LogP contribution in [0.3, 0.4) is 0 Å². The monoisotopic (exact) mass is 283 g/mol. The highest BCUT2D eigenvalue weighted by atomic mass is 32.2. The first-order valence-corrected chi connectivity index (χ1v) is 6.98. The number of H-pyrrole nitrogens is 1. The lowest BCUT2D eigenvalue weighted by atomic mass is 10.4. The van der Waals surface area contributed by atoms with Gasteiger partial charge >= 0.3 is 0 Å². The summed E-state index contributed by atoms with van der Waals surface area (Å²) < 4.78 is 31.4. The van der Waals surface area contributed by atoms with Crippen LogP contribution in [0, 0.1) is 13.8 Å². The van der Waals surface area contributed by atoms with E-state index in [4.69, 9.17) is 4.42 Å². The van der Waals surface area contributed by atoms with Gasteiger partial charge in [-0.05, 0) is 19.9 Å². The summed E-state index contributed by atoms with van der Waals surface area (Å²) in [5.74, 6) is 0.946. The molecule has 8 heteroatoms. The van der Waals surface area contributed by atoms with E-state index < -0.39 is 10.0 Å². The lowest BCUT2D eigenvalue weighted by molar-refractivity contribution is 0.463. The second-order valence-electron chi connectivity index (χ2n) is 3.96. The maximum Gasteiger partial charge on any atom is 0.247 e. The molecule has 0 aromatic carbocycles. The summed E-state index contributed by atoms with van der Waals surface area (Å²) in [4.78, 5) is 17.2. The maximum atomic E-state index is 11.9.